The van der Waals surface area contributed by atoms with Crippen molar-refractivity contribution in [1.82, 2.24) is 20.0 Å². The molecule has 0 spiro atoms. The van der Waals surface area contributed by atoms with Crippen LogP contribution in [0.2, 0.25) is 0 Å². The van der Waals surface area contributed by atoms with Gasteiger partial charge in [0.15, 0.2) is 0 Å². The third-order valence-corrected chi connectivity index (χ3v) is 4.07. The smallest absolute Gasteiger partial charge is 0.131 e. The van der Waals surface area contributed by atoms with Crippen LogP contribution < -0.4 is 0 Å². The molecule has 2 rings (SSSR count). The number of hydrogen-bond donors (Lipinski definition) is 1. The van der Waals surface area contributed by atoms with Crippen molar-refractivity contribution >= 4 is 11.3 Å². The topological polar surface area (TPSA) is 52.5 Å². The Kier molecular flexibility index (Phi) is 4.44. The van der Waals surface area contributed by atoms with Crippen LogP contribution in [-0.4, -0.2) is 64.4 Å². The molecular formula is C11H20N4OS. The molecule has 1 fully saturated rings. The molecule has 0 amide bonds. The summed E-state index contributed by atoms with van der Waals surface area (Å²) < 4.78 is 0. The summed E-state index contributed by atoms with van der Waals surface area (Å²) in [6.07, 6.45) is 0.849. The SMILES string of the molecule is Cc1nnc(CN2CCN(C)C(CCO)C2)s1. The van der Waals surface area contributed by atoms with Crippen molar-refractivity contribution in [2.45, 2.75) is 25.9 Å². The molecule has 1 aliphatic rings. The molecule has 0 aliphatic carbocycles. The lowest BCUT2D eigenvalue weighted by molar-refractivity contribution is 0.0741. The van der Waals surface area contributed by atoms with Gasteiger partial charge in [-0.3, -0.25) is 4.90 Å². The maximum Gasteiger partial charge on any atom is 0.131 e. The van der Waals surface area contributed by atoms with Crippen LogP contribution in [0.3, 0.4) is 0 Å². The predicted octanol–water partition coefficient (Wildman–Crippen LogP) is 0.345. The minimum Gasteiger partial charge on any atom is -0.396 e. The van der Waals surface area contributed by atoms with Gasteiger partial charge < -0.3 is 10.0 Å². The van der Waals surface area contributed by atoms with Crippen LogP contribution in [0.4, 0.5) is 0 Å². The first-order chi connectivity index (χ1) is 8.19. The Morgan fingerprint density at radius 2 is 2.24 bits per heavy atom. The van der Waals surface area contributed by atoms with E-state index in [4.69, 9.17) is 5.11 Å². The molecule has 1 saturated heterocycles. The number of piperazine rings is 1. The Morgan fingerprint density at radius 1 is 1.41 bits per heavy atom. The standard InChI is InChI=1S/C11H20N4OS/c1-9-12-13-11(17-9)8-15-5-4-14(2)10(7-15)3-6-16/h10,16H,3-8H2,1-2H3. The molecule has 17 heavy (non-hydrogen) atoms. The van der Waals surface area contributed by atoms with Crippen LogP contribution in [0.1, 0.15) is 16.4 Å². The van der Waals surface area contributed by atoms with Gasteiger partial charge >= 0.3 is 0 Å². The average molecular weight is 256 g/mol. The molecule has 5 nitrogen and oxygen atoms in total. The second kappa shape index (κ2) is 5.86. The molecule has 1 atom stereocenters. The number of aliphatic hydroxyl groups is 1. The van der Waals surface area contributed by atoms with Crippen LogP contribution in [0.15, 0.2) is 0 Å². The summed E-state index contributed by atoms with van der Waals surface area (Å²) in [6.45, 7) is 6.27. The maximum atomic E-state index is 9.05. The van der Waals surface area contributed by atoms with Gasteiger partial charge in [0.1, 0.15) is 10.0 Å². The van der Waals surface area contributed by atoms with Crippen molar-refractivity contribution in [1.29, 1.82) is 0 Å². The molecule has 1 N–H and O–H groups in total. The molecule has 0 saturated carbocycles. The van der Waals surface area contributed by atoms with E-state index in [0.717, 1.165) is 42.6 Å². The maximum absolute atomic E-state index is 9.05. The summed E-state index contributed by atoms with van der Waals surface area (Å²) in [4.78, 5) is 4.73. The molecule has 0 aromatic carbocycles. The van der Waals surface area contributed by atoms with Gasteiger partial charge in [0, 0.05) is 32.3 Å². The summed E-state index contributed by atoms with van der Waals surface area (Å²) in [6, 6.07) is 0.461. The first-order valence-electron chi connectivity index (χ1n) is 6.01. The van der Waals surface area contributed by atoms with E-state index in [1.807, 2.05) is 6.92 Å². The lowest BCUT2D eigenvalue weighted by Crippen LogP contribution is -2.51. The van der Waals surface area contributed by atoms with E-state index in [2.05, 4.69) is 27.0 Å². The molecule has 1 unspecified atom stereocenters. The summed E-state index contributed by atoms with van der Waals surface area (Å²) >= 11 is 1.67. The number of hydrogen-bond acceptors (Lipinski definition) is 6. The molecule has 2 heterocycles. The highest BCUT2D eigenvalue weighted by Crippen LogP contribution is 2.16. The Morgan fingerprint density at radius 3 is 2.88 bits per heavy atom. The second-order valence-corrected chi connectivity index (χ2v) is 5.86. The number of aliphatic hydroxyl groups excluding tert-OH is 1. The zero-order chi connectivity index (χ0) is 12.3. The zero-order valence-electron chi connectivity index (χ0n) is 10.5. The first-order valence-corrected chi connectivity index (χ1v) is 6.83. The van der Waals surface area contributed by atoms with Gasteiger partial charge in [-0.2, -0.15) is 0 Å². The van der Waals surface area contributed by atoms with E-state index in [9.17, 15) is 0 Å². The van der Waals surface area contributed by atoms with Crippen LogP contribution >= 0.6 is 11.3 Å². The summed E-state index contributed by atoms with van der Waals surface area (Å²) in [5, 5.41) is 19.4. The number of aryl methyl sites for hydroxylation is 1. The fraction of sp³-hybridized carbons (Fsp3) is 0.818. The summed E-state index contributed by atoms with van der Waals surface area (Å²) in [5.74, 6) is 0. The minimum atomic E-state index is 0.265. The van der Waals surface area contributed by atoms with Gasteiger partial charge in [-0.1, -0.05) is 0 Å². The Bertz CT molecular complexity index is 357. The normalized spacial score (nSPS) is 23.1. The van der Waals surface area contributed by atoms with Crippen molar-refractivity contribution in [3.05, 3.63) is 10.0 Å². The van der Waals surface area contributed by atoms with Crippen molar-refractivity contribution in [2.24, 2.45) is 0 Å². The third kappa shape index (κ3) is 3.45. The highest BCUT2D eigenvalue weighted by molar-refractivity contribution is 7.11. The Hall–Kier alpha value is -0.560. The predicted molar refractivity (Wildman–Crippen MR) is 68.0 cm³/mol. The van der Waals surface area contributed by atoms with Crippen molar-refractivity contribution in [3.8, 4) is 0 Å². The lowest BCUT2D eigenvalue weighted by atomic mass is 10.1. The molecular weight excluding hydrogens is 236 g/mol. The van der Waals surface area contributed by atoms with Crippen LogP contribution in [0.5, 0.6) is 0 Å². The van der Waals surface area contributed by atoms with Crippen molar-refractivity contribution < 1.29 is 5.11 Å². The van der Waals surface area contributed by atoms with E-state index >= 15 is 0 Å². The zero-order valence-corrected chi connectivity index (χ0v) is 11.3. The fourth-order valence-corrected chi connectivity index (χ4v) is 2.96. The minimum absolute atomic E-state index is 0.265. The molecule has 1 aromatic rings. The number of rotatable bonds is 4. The highest BCUT2D eigenvalue weighted by atomic mass is 32.1. The molecule has 1 aromatic heterocycles. The summed E-state index contributed by atoms with van der Waals surface area (Å²) in [5.41, 5.74) is 0. The molecule has 0 bridgehead atoms. The van der Waals surface area contributed by atoms with Gasteiger partial charge in [0.2, 0.25) is 0 Å². The molecule has 0 radical (unpaired) electrons. The van der Waals surface area contributed by atoms with Crippen LogP contribution in [0.25, 0.3) is 0 Å². The lowest BCUT2D eigenvalue weighted by Gasteiger charge is -2.38. The average Bonchev–Trinajstić information content (AvgIpc) is 2.69. The van der Waals surface area contributed by atoms with Gasteiger partial charge in [-0.15, -0.1) is 21.5 Å². The van der Waals surface area contributed by atoms with E-state index in [0.29, 0.717) is 6.04 Å². The Balaban J connectivity index is 1.89. The fourth-order valence-electron chi connectivity index (χ4n) is 2.21. The Labute approximate surface area is 106 Å². The van der Waals surface area contributed by atoms with Crippen LogP contribution in [0, 0.1) is 6.92 Å². The first kappa shape index (κ1) is 12.9. The van der Waals surface area contributed by atoms with Gasteiger partial charge in [0.25, 0.3) is 0 Å². The van der Waals surface area contributed by atoms with Crippen LogP contribution in [-0.2, 0) is 6.54 Å². The van der Waals surface area contributed by atoms with Gasteiger partial charge in [-0.05, 0) is 20.4 Å². The van der Waals surface area contributed by atoms with E-state index in [1.54, 1.807) is 11.3 Å². The molecule has 96 valence electrons. The molecule has 6 heteroatoms. The van der Waals surface area contributed by atoms with Crippen molar-refractivity contribution in [3.63, 3.8) is 0 Å². The monoisotopic (exact) mass is 256 g/mol. The highest BCUT2D eigenvalue weighted by Gasteiger charge is 2.24. The van der Waals surface area contributed by atoms with Crippen molar-refractivity contribution in [2.75, 3.05) is 33.3 Å². The number of aromatic nitrogens is 2. The number of nitrogens with zero attached hydrogens (tertiary/aromatic N) is 4. The quantitative estimate of drug-likeness (QED) is 0.842. The molecule has 1 aliphatic heterocycles. The van der Waals surface area contributed by atoms with E-state index in [1.165, 1.54) is 0 Å². The van der Waals surface area contributed by atoms with E-state index in [-0.39, 0.29) is 6.61 Å². The number of likely N-dealkylation sites (N-methyl/N-ethyl adjacent to an activating group) is 1. The third-order valence-electron chi connectivity index (χ3n) is 3.25. The second-order valence-electron chi connectivity index (χ2n) is 4.60. The summed E-state index contributed by atoms with van der Waals surface area (Å²) in [7, 11) is 2.13. The van der Waals surface area contributed by atoms with Gasteiger partial charge in [0.05, 0.1) is 6.54 Å². The van der Waals surface area contributed by atoms with Gasteiger partial charge in [-0.25, -0.2) is 0 Å². The van der Waals surface area contributed by atoms with E-state index < -0.39 is 0 Å². The largest absolute Gasteiger partial charge is 0.396 e.